The summed E-state index contributed by atoms with van der Waals surface area (Å²) in [7, 11) is 0. The standard InChI is InChI=1S/3C10H7NO2.2C10H14/c3*12-9-6-7-10(13)11(9)8-4-2-1-3-5-8;2*1-3-9-5-7-10(4-2)8-6-9/h3*1-7H;2*5-8H,3-4H2,1-2H3. The molecule has 0 unspecified atom stereocenters. The van der Waals surface area contributed by atoms with Crippen LogP contribution in [0, 0.1) is 0 Å². The number of aryl methyl sites for hydroxylation is 4. The molecule has 3 aliphatic rings. The van der Waals surface area contributed by atoms with Gasteiger partial charge in [-0.2, -0.15) is 0 Å². The molecular formula is C50H49N3O6. The summed E-state index contributed by atoms with van der Waals surface area (Å²) in [5.41, 5.74) is 7.55. The summed E-state index contributed by atoms with van der Waals surface area (Å²) in [5.74, 6) is -1.69. The maximum Gasteiger partial charge on any atom is 0.258 e. The molecule has 0 spiro atoms. The van der Waals surface area contributed by atoms with Crippen molar-refractivity contribution >= 4 is 52.5 Å². The van der Waals surface area contributed by atoms with Gasteiger partial charge in [0, 0.05) is 36.5 Å². The number of hydrogen-bond donors (Lipinski definition) is 0. The third kappa shape index (κ3) is 13.2. The molecule has 6 amide bonds. The lowest BCUT2D eigenvalue weighted by atomic mass is 10.1. The molecule has 0 fully saturated rings. The molecule has 5 aromatic carbocycles. The van der Waals surface area contributed by atoms with Crippen LogP contribution in [0.4, 0.5) is 17.1 Å². The van der Waals surface area contributed by atoms with Gasteiger partial charge in [0.1, 0.15) is 0 Å². The lowest BCUT2D eigenvalue weighted by Gasteiger charge is -2.12. The van der Waals surface area contributed by atoms with E-state index in [0.717, 1.165) is 40.4 Å². The van der Waals surface area contributed by atoms with Gasteiger partial charge in [-0.1, -0.05) is 131 Å². The van der Waals surface area contributed by atoms with Crippen LogP contribution in [0.2, 0.25) is 0 Å². The Kier molecular flexibility index (Phi) is 17.4. The van der Waals surface area contributed by atoms with Crippen molar-refractivity contribution < 1.29 is 28.8 Å². The molecule has 0 N–H and O–H groups in total. The van der Waals surface area contributed by atoms with Crippen molar-refractivity contribution in [1.82, 2.24) is 0 Å². The van der Waals surface area contributed by atoms with Gasteiger partial charge in [0.2, 0.25) is 0 Å². The van der Waals surface area contributed by atoms with Crippen LogP contribution in [0.25, 0.3) is 0 Å². The molecule has 9 nitrogen and oxygen atoms in total. The van der Waals surface area contributed by atoms with Crippen molar-refractivity contribution in [2.24, 2.45) is 0 Å². The Morgan fingerprint density at radius 2 is 0.441 bits per heavy atom. The van der Waals surface area contributed by atoms with Crippen LogP contribution in [-0.2, 0) is 54.5 Å². The molecule has 5 aromatic rings. The van der Waals surface area contributed by atoms with E-state index in [2.05, 4.69) is 76.2 Å². The Balaban J connectivity index is 0.000000164. The molecule has 0 saturated carbocycles. The molecule has 0 bridgehead atoms. The molecule has 0 atom stereocenters. The van der Waals surface area contributed by atoms with E-state index in [9.17, 15) is 28.8 Å². The van der Waals surface area contributed by atoms with E-state index >= 15 is 0 Å². The zero-order valence-electron chi connectivity index (χ0n) is 33.9. The summed E-state index contributed by atoms with van der Waals surface area (Å²) in [6.07, 6.45) is 12.2. The molecule has 9 heteroatoms. The van der Waals surface area contributed by atoms with Crippen LogP contribution in [0.1, 0.15) is 49.9 Å². The van der Waals surface area contributed by atoms with E-state index in [0.29, 0.717) is 17.1 Å². The first-order valence-electron chi connectivity index (χ1n) is 19.6. The fourth-order valence-corrected chi connectivity index (χ4v) is 5.72. The molecule has 8 rings (SSSR count). The van der Waals surface area contributed by atoms with Crippen molar-refractivity contribution in [1.29, 1.82) is 0 Å². The Morgan fingerprint density at radius 3 is 0.593 bits per heavy atom. The molecule has 300 valence electrons. The van der Waals surface area contributed by atoms with Gasteiger partial charge in [-0.25, -0.2) is 14.7 Å². The lowest BCUT2D eigenvalue weighted by Crippen LogP contribution is -2.29. The highest BCUT2D eigenvalue weighted by atomic mass is 16.2. The zero-order valence-corrected chi connectivity index (χ0v) is 33.9. The first-order valence-corrected chi connectivity index (χ1v) is 19.6. The number of anilines is 3. The number of benzene rings is 5. The van der Waals surface area contributed by atoms with Gasteiger partial charge in [0.05, 0.1) is 17.1 Å². The second-order valence-electron chi connectivity index (χ2n) is 13.1. The number of rotatable bonds is 7. The van der Waals surface area contributed by atoms with E-state index in [1.165, 1.54) is 58.7 Å². The molecule has 3 aliphatic heterocycles. The number of carbonyl (C=O) groups excluding carboxylic acids is 6. The predicted octanol–water partition coefficient (Wildman–Crippen LogP) is 8.97. The Bertz CT molecular complexity index is 1930. The van der Waals surface area contributed by atoms with Crippen LogP contribution in [-0.4, -0.2) is 35.4 Å². The van der Waals surface area contributed by atoms with Crippen molar-refractivity contribution in [3.63, 3.8) is 0 Å². The summed E-state index contributed by atoms with van der Waals surface area (Å²) in [6, 6.07) is 44.2. The molecule has 0 aromatic heterocycles. The van der Waals surface area contributed by atoms with E-state index < -0.39 is 0 Å². The van der Waals surface area contributed by atoms with Crippen LogP contribution < -0.4 is 14.7 Å². The van der Waals surface area contributed by atoms with Gasteiger partial charge in [0.15, 0.2) is 0 Å². The maximum atomic E-state index is 11.2. The second-order valence-corrected chi connectivity index (χ2v) is 13.1. The molecule has 0 saturated heterocycles. The number of para-hydroxylation sites is 3. The van der Waals surface area contributed by atoms with Gasteiger partial charge < -0.3 is 0 Å². The highest BCUT2D eigenvalue weighted by Gasteiger charge is 2.26. The third-order valence-electron chi connectivity index (χ3n) is 9.15. The monoisotopic (exact) mass is 787 g/mol. The summed E-state index contributed by atoms with van der Waals surface area (Å²) in [6.45, 7) is 8.73. The van der Waals surface area contributed by atoms with Crippen molar-refractivity contribution in [3.05, 3.63) is 198 Å². The second kappa shape index (κ2) is 23.1. The number of carbonyl (C=O) groups is 6. The molecule has 3 heterocycles. The number of hydrogen-bond acceptors (Lipinski definition) is 6. The normalized spacial score (nSPS) is 13.6. The number of amides is 6. The van der Waals surface area contributed by atoms with E-state index in [4.69, 9.17) is 0 Å². The molecule has 59 heavy (non-hydrogen) atoms. The smallest absolute Gasteiger partial charge is 0.258 e. The third-order valence-corrected chi connectivity index (χ3v) is 9.15. The average Bonchev–Trinajstić information content (AvgIpc) is 3.94. The molecule has 0 radical (unpaired) electrons. The minimum atomic E-state index is -0.281. The Hall–Kier alpha value is -7.26. The van der Waals surface area contributed by atoms with Crippen LogP contribution in [0.5, 0.6) is 0 Å². The lowest BCUT2D eigenvalue weighted by molar-refractivity contribution is -0.121. The van der Waals surface area contributed by atoms with E-state index in [-0.39, 0.29) is 35.4 Å². The highest BCUT2D eigenvalue weighted by molar-refractivity contribution is 6.29. The SMILES string of the molecule is CCc1ccc(CC)cc1.CCc1ccc(CC)cc1.O=C1C=CC(=O)N1c1ccccc1.O=C1C=CC(=O)N1c1ccccc1.O=C1C=CC(=O)N1c1ccccc1. The summed E-state index contributed by atoms with van der Waals surface area (Å²) in [5, 5.41) is 0. The van der Waals surface area contributed by atoms with Gasteiger partial charge in [-0.3, -0.25) is 28.8 Å². The van der Waals surface area contributed by atoms with Crippen LogP contribution in [0.3, 0.4) is 0 Å². The average molecular weight is 788 g/mol. The summed E-state index contributed by atoms with van der Waals surface area (Å²) in [4.78, 5) is 70.6. The largest absolute Gasteiger partial charge is 0.269 e. The van der Waals surface area contributed by atoms with Gasteiger partial charge in [0.25, 0.3) is 35.4 Å². The highest BCUT2D eigenvalue weighted by Crippen LogP contribution is 2.19. The first-order chi connectivity index (χ1) is 28.6. The number of nitrogens with zero attached hydrogens (tertiary/aromatic N) is 3. The van der Waals surface area contributed by atoms with E-state index in [1.54, 1.807) is 72.8 Å². The Morgan fingerprint density at radius 1 is 0.271 bits per heavy atom. The summed E-state index contributed by atoms with van der Waals surface area (Å²) >= 11 is 0. The molecular weight excluding hydrogens is 739 g/mol. The Labute approximate surface area is 346 Å². The van der Waals surface area contributed by atoms with Crippen LogP contribution in [0.15, 0.2) is 176 Å². The molecule has 0 aliphatic carbocycles. The fraction of sp³-hybridized carbons (Fsp3) is 0.160. The minimum absolute atomic E-state index is 0.281. The van der Waals surface area contributed by atoms with Gasteiger partial charge >= 0.3 is 0 Å². The minimum Gasteiger partial charge on any atom is -0.269 e. The summed E-state index contributed by atoms with van der Waals surface area (Å²) < 4.78 is 0. The fourth-order valence-electron chi connectivity index (χ4n) is 5.72. The van der Waals surface area contributed by atoms with Gasteiger partial charge in [-0.15, -0.1) is 0 Å². The zero-order chi connectivity index (χ0) is 42.6. The first kappa shape index (κ1) is 44.5. The van der Waals surface area contributed by atoms with Crippen LogP contribution >= 0.6 is 0 Å². The van der Waals surface area contributed by atoms with Gasteiger partial charge in [-0.05, 0) is 84.3 Å². The topological polar surface area (TPSA) is 112 Å². The van der Waals surface area contributed by atoms with Crippen molar-refractivity contribution in [3.8, 4) is 0 Å². The number of imide groups is 3. The quantitative estimate of drug-likeness (QED) is 0.152. The van der Waals surface area contributed by atoms with Crippen molar-refractivity contribution in [2.45, 2.75) is 53.4 Å². The maximum absolute atomic E-state index is 11.2. The van der Waals surface area contributed by atoms with Crippen molar-refractivity contribution in [2.75, 3.05) is 14.7 Å². The van der Waals surface area contributed by atoms with E-state index in [1.807, 2.05) is 18.2 Å². The predicted molar refractivity (Wildman–Crippen MR) is 235 cm³/mol.